The van der Waals surface area contributed by atoms with Crippen molar-refractivity contribution in [2.45, 2.75) is 38.8 Å². The number of nitrogens with one attached hydrogen (secondary N) is 1. The summed E-state index contributed by atoms with van der Waals surface area (Å²) in [4.78, 5) is 13.4. The molecule has 0 spiro atoms. The number of aromatic nitrogens is 2. The van der Waals surface area contributed by atoms with Crippen molar-refractivity contribution < 1.29 is 26.7 Å². The molecule has 1 N–H and O–H groups in total. The third-order valence-corrected chi connectivity index (χ3v) is 8.56. The number of rotatable bonds is 3. The second-order valence-electron chi connectivity index (χ2n) is 10.8. The fourth-order valence-electron chi connectivity index (χ4n) is 6.72. The molecule has 1 unspecified atom stereocenters. The quantitative estimate of drug-likeness (QED) is 0.281. The molecule has 0 bridgehead atoms. The number of nitrogens with zero attached hydrogens (tertiary/aromatic N) is 2. The zero-order valence-electron chi connectivity index (χ0n) is 21.1. The molecule has 3 aliphatic carbocycles. The van der Waals surface area contributed by atoms with E-state index in [0.717, 1.165) is 28.5 Å². The number of hydrogen-bond donors (Lipinski definition) is 1. The Hall–Kier alpha value is -3.75. The summed E-state index contributed by atoms with van der Waals surface area (Å²) in [6.45, 7) is 2.03. The minimum absolute atomic E-state index is 0.134. The lowest BCUT2D eigenvalue weighted by Crippen LogP contribution is -2.49. The van der Waals surface area contributed by atoms with Crippen LogP contribution in [0.25, 0.3) is 11.8 Å². The fourth-order valence-corrected chi connectivity index (χ4v) is 6.72. The van der Waals surface area contributed by atoms with Crippen molar-refractivity contribution in [1.82, 2.24) is 9.78 Å². The minimum Gasteiger partial charge on any atom is -0.326 e. The van der Waals surface area contributed by atoms with E-state index in [-0.39, 0.29) is 17.9 Å². The van der Waals surface area contributed by atoms with E-state index in [1.54, 1.807) is 29.1 Å². The molecule has 4 nitrogen and oxygen atoms in total. The van der Waals surface area contributed by atoms with E-state index < -0.39 is 41.1 Å². The van der Waals surface area contributed by atoms with Gasteiger partial charge in [-0.3, -0.25) is 4.79 Å². The lowest BCUT2D eigenvalue weighted by atomic mass is 9.54. The van der Waals surface area contributed by atoms with Crippen molar-refractivity contribution in [1.29, 1.82) is 0 Å². The van der Waals surface area contributed by atoms with Crippen LogP contribution in [0.1, 0.15) is 37.4 Å². The molecule has 3 aliphatic rings. The van der Waals surface area contributed by atoms with Crippen LogP contribution in [0.2, 0.25) is 0 Å². The van der Waals surface area contributed by atoms with Crippen molar-refractivity contribution in [3.63, 3.8) is 0 Å². The Morgan fingerprint density at radius 3 is 2.59 bits per heavy atom. The zero-order chi connectivity index (χ0) is 27.5. The molecule has 1 fully saturated rings. The molecule has 9 heteroatoms. The van der Waals surface area contributed by atoms with Crippen LogP contribution in [-0.4, -0.2) is 21.9 Å². The van der Waals surface area contributed by atoms with Gasteiger partial charge in [0.15, 0.2) is 0 Å². The van der Waals surface area contributed by atoms with Crippen LogP contribution >= 0.6 is 0 Å². The first-order chi connectivity index (χ1) is 18.5. The van der Waals surface area contributed by atoms with Crippen LogP contribution in [0.5, 0.6) is 0 Å². The highest BCUT2D eigenvalue weighted by atomic mass is 19.4. The maximum Gasteiger partial charge on any atom is 0.392 e. The van der Waals surface area contributed by atoms with Crippen molar-refractivity contribution >= 4 is 17.7 Å². The van der Waals surface area contributed by atoms with Gasteiger partial charge < -0.3 is 5.32 Å². The van der Waals surface area contributed by atoms with Crippen molar-refractivity contribution in [2.75, 3.05) is 5.32 Å². The summed E-state index contributed by atoms with van der Waals surface area (Å²) in [5.41, 5.74) is 4.03. The fraction of sp³-hybridized carbons (Fsp3) is 0.333. The third kappa shape index (κ3) is 4.37. The van der Waals surface area contributed by atoms with Crippen LogP contribution < -0.4 is 5.32 Å². The van der Waals surface area contributed by atoms with Crippen LogP contribution in [-0.2, 0) is 11.2 Å². The summed E-state index contributed by atoms with van der Waals surface area (Å²) in [6.07, 6.45) is 2.09. The van der Waals surface area contributed by atoms with Gasteiger partial charge in [0.25, 0.3) is 0 Å². The van der Waals surface area contributed by atoms with Gasteiger partial charge in [-0.25, -0.2) is 13.5 Å². The summed E-state index contributed by atoms with van der Waals surface area (Å²) in [6, 6.07) is 11.2. The molecule has 0 radical (unpaired) electrons. The molecule has 1 aromatic heterocycles. The Kier molecular flexibility index (Phi) is 6.00. The highest BCUT2D eigenvalue weighted by Crippen LogP contribution is 2.59. The molecular weight excluding hydrogens is 513 g/mol. The van der Waals surface area contributed by atoms with Gasteiger partial charge in [0.1, 0.15) is 11.6 Å². The molecule has 1 heterocycles. The monoisotopic (exact) mass is 539 g/mol. The maximum atomic E-state index is 14.2. The molecule has 2 aromatic carbocycles. The van der Waals surface area contributed by atoms with Crippen LogP contribution in [0.4, 0.5) is 27.6 Å². The molecule has 202 valence electrons. The minimum atomic E-state index is -4.56. The van der Waals surface area contributed by atoms with Crippen molar-refractivity contribution in [2.24, 2.45) is 23.2 Å². The number of benzene rings is 2. The van der Waals surface area contributed by atoms with Gasteiger partial charge in [-0.1, -0.05) is 30.2 Å². The second-order valence-corrected chi connectivity index (χ2v) is 10.8. The third-order valence-electron chi connectivity index (χ3n) is 8.56. The van der Waals surface area contributed by atoms with E-state index in [1.807, 2.05) is 13.0 Å². The highest BCUT2D eigenvalue weighted by Gasteiger charge is 2.56. The topological polar surface area (TPSA) is 46.9 Å². The highest BCUT2D eigenvalue weighted by molar-refractivity contribution is 5.93. The predicted molar refractivity (Wildman–Crippen MR) is 137 cm³/mol. The maximum absolute atomic E-state index is 14.2. The average molecular weight is 540 g/mol. The molecule has 1 saturated carbocycles. The molecular formula is C30H26F5N3O. The van der Waals surface area contributed by atoms with Gasteiger partial charge >= 0.3 is 6.18 Å². The van der Waals surface area contributed by atoms with Gasteiger partial charge in [0.2, 0.25) is 5.91 Å². The predicted octanol–water partition coefficient (Wildman–Crippen LogP) is 7.27. The van der Waals surface area contributed by atoms with E-state index >= 15 is 0 Å². The van der Waals surface area contributed by atoms with Gasteiger partial charge in [-0.2, -0.15) is 18.3 Å². The van der Waals surface area contributed by atoms with Gasteiger partial charge in [-0.15, -0.1) is 0 Å². The molecule has 3 aromatic rings. The Bertz CT molecular complexity index is 1500. The Balaban J connectivity index is 1.35. The number of allylic oxidation sites excluding steroid dienone is 3. The number of alkyl halides is 3. The largest absolute Gasteiger partial charge is 0.392 e. The van der Waals surface area contributed by atoms with Crippen LogP contribution in [0.3, 0.4) is 0 Å². The molecule has 0 saturated heterocycles. The molecule has 39 heavy (non-hydrogen) atoms. The molecule has 0 aliphatic heterocycles. The Labute approximate surface area is 222 Å². The number of carbonyl (C=O) groups excluding carboxylic acids is 1. The van der Waals surface area contributed by atoms with E-state index in [2.05, 4.69) is 10.4 Å². The van der Waals surface area contributed by atoms with Crippen LogP contribution in [0, 0.1) is 34.8 Å². The number of halogens is 5. The summed E-state index contributed by atoms with van der Waals surface area (Å²) < 4.78 is 71.6. The number of anilines is 1. The Morgan fingerprint density at radius 2 is 1.87 bits per heavy atom. The number of carbonyl (C=O) groups is 1. The average Bonchev–Trinajstić information content (AvgIpc) is 3.28. The van der Waals surface area contributed by atoms with E-state index in [9.17, 15) is 26.7 Å². The standard InChI is InChI=1S/C30H26F5N3O/c1-29-15-17-16-36-38(22-8-6-19(31)7-9-22)26(17)13-18(29)5-10-23-24(29)11-12-25(30(33,34)35)27(23)28(39)37-21-4-2-3-20(32)14-21/h2-4,6-9,11,13-14,16,23,25,27H,5,10,12,15H2,1H3,(H,37,39)/t23?,25-,27-,29+/m1/s1. The summed E-state index contributed by atoms with van der Waals surface area (Å²) in [5, 5.41) is 7.07. The van der Waals surface area contributed by atoms with Gasteiger partial charge in [-0.05, 0) is 85.7 Å². The summed E-state index contributed by atoms with van der Waals surface area (Å²) >= 11 is 0. The Morgan fingerprint density at radius 1 is 1.10 bits per heavy atom. The lowest BCUT2D eigenvalue weighted by molar-refractivity contribution is -0.196. The summed E-state index contributed by atoms with van der Waals surface area (Å²) in [5.74, 6) is -5.42. The normalized spacial score (nSPS) is 26.1. The van der Waals surface area contributed by atoms with Gasteiger partial charge in [0.05, 0.1) is 29.4 Å². The molecule has 4 atom stereocenters. The van der Waals surface area contributed by atoms with E-state index in [1.165, 1.54) is 30.3 Å². The number of hydrogen-bond acceptors (Lipinski definition) is 2. The first-order valence-corrected chi connectivity index (χ1v) is 12.9. The zero-order valence-corrected chi connectivity index (χ0v) is 21.1. The SMILES string of the molecule is C[C@]12Cc3cnn(-c4ccc(F)cc4)c3C=C1CCC1C2=CC[C@@H](C(F)(F)F)[C@@H]1C(=O)Nc1cccc(F)c1. The first kappa shape index (κ1) is 25.5. The van der Waals surface area contributed by atoms with Crippen LogP contribution in [0.15, 0.2) is 72.0 Å². The van der Waals surface area contributed by atoms with Crippen molar-refractivity contribution in [3.8, 4) is 5.69 Å². The first-order valence-electron chi connectivity index (χ1n) is 12.9. The van der Waals surface area contributed by atoms with Gasteiger partial charge in [0, 0.05) is 11.1 Å². The number of amides is 1. The molecule has 1 amide bonds. The second kappa shape index (κ2) is 9.17. The van der Waals surface area contributed by atoms with E-state index in [0.29, 0.717) is 24.9 Å². The molecule has 6 rings (SSSR count). The smallest absolute Gasteiger partial charge is 0.326 e. The summed E-state index contributed by atoms with van der Waals surface area (Å²) in [7, 11) is 0. The number of fused-ring (bicyclic) bond motifs is 4. The lowest BCUT2D eigenvalue weighted by Gasteiger charge is -2.50. The van der Waals surface area contributed by atoms with E-state index in [4.69, 9.17) is 0 Å². The van der Waals surface area contributed by atoms with Crippen molar-refractivity contribution in [3.05, 3.63) is 94.8 Å².